The molecule has 3 aromatic rings. The van der Waals surface area contributed by atoms with Crippen molar-refractivity contribution in [2.24, 2.45) is 15.3 Å². The monoisotopic (exact) mass is 311 g/mol. The lowest BCUT2D eigenvalue weighted by atomic mass is 10.3. The van der Waals surface area contributed by atoms with E-state index in [1.807, 2.05) is 24.3 Å². The van der Waals surface area contributed by atoms with Crippen LogP contribution in [0.25, 0.3) is 10.2 Å². The van der Waals surface area contributed by atoms with Crippen LogP contribution in [0.2, 0.25) is 0 Å². The van der Waals surface area contributed by atoms with Crippen molar-refractivity contribution in [1.82, 2.24) is 4.98 Å². The number of amidine groups is 1. The highest BCUT2D eigenvalue weighted by atomic mass is 32.1. The topological polar surface area (TPSA) is 82.2 Å². The van der Waals surface area contributed by atoms with Crippen LogP contribution in [0.5, 0.6) is 5.75 Å². The van der Waals surface area contributed by atoms with Crippen molar-refractivity contribution in [3.8, 4) is 5.75 Å². The summed E-state index contributed by atoms with van der Waals surface area (Å²) in [6.07, 6.45) is 0. The van der Waals surface area contributed by atoms with E-state index in [4.69, 9.17) is 0 Å². The summed E-state index contributed by atoms with van der Waals surface area (Å²) in [6.45, 7) is 1.73. The van der Waals surface area contributed by atoms with Gasteiger partial charge in [-0.05, 0) is 31.2 Å². The summed E-state index contributed by atoms with van der Waals surface area (Å²) in [6, 6.07) is 14.5. The molecule has 0 spiro atoms. The predicted molar refractivity (Wildman–Crippen MR) is 89.0 cm³/mol. The van der Waals surface area contributed by atoms with Crippen LogP contribution in [0.1, 0.15) is 6.92 Å². The summed E-state index contributed by atoms with van der Waals surface area (Å²) in [7, 11) is 0. The van der Waals surface area contributed by atoms with Crippen molar-refractivity contribution in [3.63, 3.8) is 0 Å². The SMILES string of the molecule is C/C(N=Nc1nc2ccccc2s1)=N/Nc1cccc(O)c1. The molecule has 7 heteroatoms. The fourth-order valence-corrected chi connectivity index (χ4v) is 2.55. The second-order valence-electron chi connectivity index (χ2n) is 4.49. The molecule has 0 saturated carbocycles. The minimum Gasteiger partial charge on any atom is -0.508 e. The van der Waals surface area contributed by atoms with Gasteiger partial charge in [-0.1, -0.05) is 29.5 Å². The number of phenolic OH excluding ortho intramolecular Hbond substituents is 1. The lowest BCUT2D eigenvalue weighted by molar-refractivity contribution is 0.475. The molecule has 0 aliphatic carbocycles. The first-order chi connectivity index (χ1) is 10.7. The largest absolute Gasteiger partial charge is 0.508 e. The van der Waals surface area contributed by atoms with Crippen molar-refractivity contribution < 1.29 is 5.11 Å². The van der Waals surface area contributed by atoms with E-state index in [-0.39, 0.29) is 5.75 Å². The van der Waals surface area contributed by atoms with Crippen LogP contribution < -0.4 is 5.43 Å². The third kappa shape index (κ3) is 3.44. The molecular formula is C15H13N5OS. The van der Waals surface area contributed by atoms with Gasteiger partial charge in [0.2, 0.25) is 5.13 Å². The molecule has 0 bridgehead atoms. The first-order valence-electron chi connectivity index (χ1n) is 6.57. The molecule has 1 aromatic heterocycles. The smallest absolute Gasteiger partial charge is 0.231 e. The van der Waals surface area contributed by atoms with Crippen LogP contribution in [0.4, 0.5) is 10.8 Å². The molecule has 0 amide bonds. The van der Waals surface area contributed by atoms with Crippen molar-refractivity contribution in [1.29, 1.82) is 0 Å². The number of aromatic nitrogens is 1. The Labute approximate surface area is 130 Å². The standard InChI is InChI=1S/C15H13N5OS/c1-10(17-19-11-5-4-6-12(21)9-11)18-20-15-16-13-7-2-3-8-14(13)22-15/h2-9,19,21H,1H3/b17-10-,20-18?. The molecular weight excluding hydrogens is 298 g/mol. The average Bonchev–Trinajstić information content (AvgIpc) is 2.94. The van der Waals surface area contributed by atoms with Crippen molar-refractivity contribution in [2.75, 3.05) is 5.43 Å². The van der Waals surface area contributed by atoms with E-state index in [0.717, 1.165) is 10.2 Å². The van der Waals surface area contributed by atoms with Gasteiger partial charge in [-0.3, -0.25) is 5.43 Å². The molecule has 0 saturated heterocycles. The lowest BCUT2D eigenvalue weighted by Gasteiger charge is -2.00. The highest BCUT2D eigenvalue weighted by Crippen LogP contribution is 2.27. The first kappa shape index (κ1) is 14.2. The Kier molecular flexibility index (Phi) is 4.06. The molecule has 2 aromatic carbocycles. The maximum Gasteiger partial charge on any atom is 0.231 e. The number of thiazole rings is 1. The molecule has 22 heavy (non-hydrogen) atoms. The van der Waals surface area contributed by atoms with Gasteiger partial charge in [-0.15, -0.1) is 10.2 Å². The third-order valence-electron chi connectivity index (χ3n) is 2.76. The second-order valence-corrected chi connectivity index (χ2v) is 5.49. The normalized spacial score (nSPS) is 12.1. The molecule has 2 N–H and O–H groups in total. The Morgan fingerprint density at radius 1 is 1.18 bits per heavy atom. The number of fused-ring (bicyclic) bond motifs is 1. The van der Waals surface area contributed by atoms with Gasteiger partial charge in [0.15, 0.2) is 5.84 Å². The van der Waals surface area contributed by atoms with Gasteiger partial charge < -0.3 is 5.11 Å². The van der Waals surface area contributed by atoms with Gasteiger partial charge in [-0.2, -0.15) is 5.10 Å². The Bertz CT molecular complexity index is 823. The van der Waals surface area contributed by atoms with E-state index in [1.54, 1.807) is 31.2 Å². The number of hydrazone groups is 1. The van der Waals surface area contributed by atoms with Gasteiger partial charge in [0.05, 0.1) is 15.9 Å². The number of nitrogens with zero attached hydrogens (tertiary/aromatic N) is 4. The number of azo groups is 1. The minimum absolute atomic E-state index is 0.175. The van der Waals surface area contributed by atoms with Gasteiger partial charge in [0, 0.05) is 6.07 Å². The molecule has 0 aliphatic rings. The quantitative estimate of drug-likeness (QED) is 0.322. The number of aromatic hydroxyl groups is 1. The number of nitrogens with one attached hydrogen (secondary N) is 1. The number of phenols is 1. The lowest BCUT2D eigenvalue weighted by Crippen LogP contribution is -1.93. The number of benzene rings is 2. The van der Waals surface area contributed by atoms with Crippen LogP contribution in [0.3, 0.4) is 0 Å². The Morgan fingerprint density at radius 3 is 2.86 bits per heavy atom. The molecule has 6 nitrogen and oxygen atoms in total. The van der Waals surface area contributed by atoms with E-state index >= 15 is 0 Å². The first-order valence-corrected chi connectivity index (χ1v) is 7.39. The van der Waals surface area contributed by atoms with Crippen LogP contribution in [-0.4, -0.2) is 15.9 Å². The number of para-hydroxylation sites is 1. The highest BCUT2D eigenvalue weighted by Gasteiger charge is 2.01. The second kappa shape index (κ2) is 6.31. The maximum absolute atomic E-state index is 9.36. The van der Waals surface area contributed by atoms with Gasteiger partial charge in [0.25, 0.3) is 0 Å². The van der Waals surface area contributed by atoms with Crippen molar-refractivity contribution in [3.05, 3.63) is 48.5 Å². The van der Waals surface area contributed by atoms with Crippen molar-refractivity contribution >= 4 is 38.2 Å². The van der Waals surface area contributed by atoms with E-state index in [2.05, 4.69) is 25.7 Å². The molecule has 0 unspecified atom stereocenters. The zero-order valence-electron chi connectivity index (χ0n) is 11.8. The summed E-state index contributed by atoms with van der Waals surface area (Å²) in [4.78, 5) is 4.36. The van der Waals surface area contributed by atoms with E-state index in [9.17, 15) is 5.11 Å². The average molecular weight is 311 g/mol. The third-order valence-corrected chi connectivity index (χ3v) is 3.68. The van der Waals surface area contributed by atoms with Crippen LogP contribution in [0.15, 0.2) is 63.9 Å². The number of hydrogen-bond acceptors (Lipinski definition) is 6. The Morgan fingerprint density at radius 2 is 2.05 bits per heavy atom. The van der Waals surface area contributed by atoms with E-state index < -0.39 is 0 Å². The predicted octanol–water partition coefficient (Wildman–Crippen LogP) is 4.53. The molecule has 3 rings (SSSR count). The fourth-order valence-electron chi connectivity index (χ4n) is 1.76. The van der Waals surface area contributed by atoms with Crippen LogP contribution in [0, 0.1) is 0 Å². The molecule has 0 radical (unpaired) electrons. The minimum atomic E-state index is 0.175. The fraction of sp³-hybridized carbons (Fsp3) is 0.0667. The highest BCUT2D eigenvalue weighted by molar-refractivity contribution is 7.21. The van der Waals surface area contributed by atoms with Crippen molar-refractivity contribution in [2.45, 2.75) is 6.92 Å². The molecule has 0 atom stereocenters. The summed E-state index contributed by atoms with van der Waals surface area (Å²) in [5.74, 6) is 0.636. The molecule has 110 valence electrons. The summed E-state index contributed by atoms with van der Waals surface area (Å²) < 4.78 is 1.07. The number of hydrogen-bond donors (Lipinski definition) is 2. The summed E-state index contributed by atoms with van der Waals surface area (Å²) >= 11 is 1.48. The zero-order valence-corrected chi connectivity index (χ0v) is 12.6. The number of rotatable bonds is 3. The van der Waals surface area contributed by atoms with E-state index in [1.165, 1.54) is 11.3 Å². The van der Waals surface area contributed by atoms with Crippen LogP contribution >= 0.6 is 11.3 Å². The van der Waals surface area contributed by atoms with Crippen LogP contribution in [-0.2, 0) is 0 Å². The molecule has 0 fully saturated rings. The molecule has 1 heterocycles. The van der Waals surface area contributed by atoms with Gasteiger partial charge in [0.1, 0.15) is 5.75 Å². The zero-order chi connectivity index (χ0) is 15.4. The van der Waals surface area contributed by atoms with Gasteiger partial charge >= 0.3 is 0 Å². The van der Waals surface area contributed by atoms with Gasteiger partial charge in [-0.25, -0.2) is 4.98 Å². The number of anilines is 1. The Hall–Kier alpha value is -2.80. The summed E-state index contributed by atoms with van der Waals surface area (Å²) in [5.41, 5.74) is 4.39. The van der Waals surface area contributed by atoms with E-state index in [0.29, 0.717) is 16.7 Å². The molecule has 0 aliphatic heterocycles. The summed E-state index contributed by atoms with van der Waals surface area (Å²) in [5, 5.41) is 22.1. The maximum atomic E-state index is 9.36. The Balaban J connectivity index is 1.69.